The number of nitrogens with zero attached hydrogens (tertiary/aromatic N) is 3. The molecule has 2 heterocycles. The molecule has 5 nitrogen and oxygen atoms in total. The molecule has 0 fully saturated rings. The fourth-order valence-electron chi connectivity index (χ4n) is 3.08. The summed E-state index contributed by atoms with van der Waals surface area (Å²) in [4.78, 5) is 13.5. The van der Waals surface area contributed by atoms with Crippen molar-refractivity contribution < 1.29 is 9.18 Å². The summed E-state index contributed by atoms with van der Waals surface area (Å²) in [6, 6.07) is 11.8. The lowest BCUT2D eigenvalue weighted by Crippen LogP contribution is -2.14. The molecule has 4 rings (SSSR count). The van der Waals surface area contributed by atoms with Gasteiger partial charge in [-0.15, -0.1) is 21.5 Å². The van der Waals surface area contributed by atoms with Crippen LogP contribution in [0.15, 0.2) is 41.4 Å². The topological polar surface area (TPSA) is 78.7 Å². The Bertz CT molecular complexity index is 1060. The number of benzene rings is 1. The Morgan fingerprint density at radius 3 is 2.75 bits per heavy atom. The van der Waals surface area contributed by atoms with E-state index in [0.717, 1.165) is 30.4 Å². The number of hydrogen-bond acceptors (Lipinski definition) is 6. The maximum atomic E-state index is 13.0. The van der Waals surface area contributed by atoms with Gasteiger partial charge in [0.2, 0.25) is 5.91 Å². The number of thioether (sulfide) groups is 1. The predicted octanol–water partition coefficient (Wildman–Crippen LogP) is 4.44. The lowest BCUT2D eigenvalue weighted by Gasteiger charge is -2.04. The van der Waals surface area contributed by atoms with Crippen LogP contribution < -0.4 is 5.32 Å². The lowest BCUT2D eigenvalue weighted by molar-refractivity contribution is -0.113. The molecule has 0 saturated heterocycles. The van der Waals surface area contributed by atoms with Crippen molar-refractivity contribution in [2.45, 2.75) is 24.3 Å². The molecule has 0 bridgehead atoms. The molecule has 1 N–H and O–H groups in total. The second-order valence-electron chi connectivity index (χ2n) is 6.27. The first kappa shape index (κ1) is 18.6. The highest BCUT2D eigenvalue weighted by Crippen LogP contribution is 2.38. The highest BCUT2D eigenvalue weighted by atomic mass is 32.2. The van der Waals surface area contributed by atoms with Crippen molar-refractivity contribution in [3.05, 3.63) is 58.2 Å². The zero-order chi connectivity index (χ0) is 19.5. The van der Waals surface area contributed by atoms with Crippen molar-refractivity contribution in [1.29, 1.82) is 5.26 Å². The van der Waals surface area contributed by atoms with Crippen LogP contribution in [0.25, 0.3) is 11.3 Å². The molecule has 8 heteroatoms. The van der Waals surface area contributed by atoms with Gasteiger partial charge in [0.05, 0.1) is 17.0 Å². The van der Waals surface area contributed by atoms with Gasteiger partial charge in [-0.3, -0.25) is 4.79 Å². The Morgan fingerprint density at radius 2 is 2.04 bits per heavy atom. The Morgan fingerprint density at radius 1 is 1.21 bits per heavy atom. The minimum absolute atomic E-state index is 0.175. The molecule has 0 unspecified atom stereocenters. The Kier molecular flexibility index (Phi) is 5.37. The van der Waals surface area contributed by atoms with E-state index in [1.807, 2.05) is 0 Å². The molecular weight excluding hydrogens is 395 g/mol. The van der Waals surface area contributed by atoms with E-state index in [4.69, 9.17) is 0 Å². The summed E-state index contributed by atoms with van der Waals surface area (Å²) in [6.07, 6.45) is 2.97. The monoisotopic (exact) mass is 410 g/mol. The average Bonchev–Trinajstić information content (AvgIpc) is 3.28. The van der Waals surface area contributed by atoms with Crippen LogP contribution >= 0.6 is 23.1 Å². The molecule has 0 radical (unpaired) electrons. The number of nitrogens with one attached hydrogen (secondary N) is 1. The number of carbonyl (C=O) groups is 1. The van der Waals surface area contributed by atoms with Crippen LogP contribution in [-0.2, 0) is 17.6 Å². The molecule has 0 atom stereocenters. The molecule has 3 aromatic rings. The van der Waals surface area contributed by atoms with Crippen molar-refractivity contribution in [3.8, 4) is 17.3 Å². The second-order valence-corrected chi connectivity index (χ2v) is 8.37. The SMILES string of the molecule is N#Cc1c(NC(=O)CSc2ccc(-c3ccc(F)cc3)nn2)sc2c1CCC2. The van der Waals surface area contributed by atoms with Crippen LogP contribution in [0.2, 0.25) is 0 Å². The van der Waals surface area contributed by atoms with Crippen LogP contribution in [0.4, 0.5) is 9.39 Å². The predicted molar refractivity (Wildman–Crippen MR) is 108 cm³/mol. The van der Waals surface area contributed by atoms with E-state index in [9.17, 15) is 14.4 Å². The van der Waals surface area contributed by atoms with Crippen LogP contribution in [0.3, 0.4) is 0 Å². The molecule has 28 heavy (non-hydrogen) atoms. The van der Waals surface area contributed by atoms with Gasteiger partial charge in [-0.2, -0.15) is 5.26 Å². The first-order chi connectivity index (χ1) is 13.6. The largest absolute Gasteiger partial charge is 0.316 e. The van der Waals surface area contributed by atoms with Crippen LogP contribution in [0.1, 0.15) is 22.4 Å². The maximum Gasteiger partial charge on any atom is 0.235 e. The van der Waals surface area contributed by atoms with Gasteiger partial charge in [0, 0.05) is 10.4 Å². The third-order valence-electron chi connectivity index (χ3n) is 4.42. The van der Waals surface area contributed by atoms with Gasteiger partial charge in [-0.1, -0.05) is 11.8 Å². The van der Waals surface area contributed by atoms with Gasteiger partial charge in [-0.25, -0.2) is 4.39 Å². The van der Waals surface area contributed by atoms with Crippen molar-refractivity contribution in [1.82, 2.24) is 10.2 Å². The first-order valence-corrected chi connectivity index (χ1v) is 10.5. The Balaban J connectivity index is 1.36. The number of carbonyl (C=O) groups excluding carboxylic acids is 1. The fraction of sp³-hybridized carbons (Fsp3) is 0.200. The van der Waals surface area contributed by atoms with Crippen LogP contribution in [0, 0.1) is 17.1 Å². The van der Waals surface area contributed by atoms with E-state index in [-0.39, 0.29) is 17.5 Å². The van der Waals surface area contributed by atoms with E-state index in [1.54, 1.807) is 24.3 Å². The molecular formula is C20H15FN4OS2. The van der Waals surface area contributed by atoms with E-state index in [1.165, 1.54) is 40.1 Å². The Hall–Kier alpha value is -2.76. The van der Waals surface area contributed by atoms with Gasteiger partial charge >= 0.3 is 0 Å². The fourth-order valence-corrected chi connectivity index (χ4v) is 4.95. The molecule has 0 saturated carbocycles. The molecule has 1 aliphatic rings. The lowest BCUT2D eigenvalue weighted by atomic mass is 10.1. The quantitative estimate of drug-likeness (QED) is 0.629. The second kappa shape index (κ2) is 8.09. The normalized spacial score (nSPS) is 12.4. The first-order valence-electron chi connectivity index (χ1n) is 8.71. The van der Waals surface area contributed by atoms with E-state index in [2.05, 4.69) is 21.6 Å². The summed E-state index contributed by atoms with van der Waals surface area (Å²) < 4.78 is 13.0. The number of halogens is 1. The number of aryl methyl sites for hydroxylation is 1. The molecule has 0 spiro atoms. The number of nitriles is 1. The summed E-state index contributed by atoms with van der Waals surface area (Å²) in [5.41, 5.74) is 3.12. The number of thiophene rings is 1. The number of hydrogen-bond donors (Lipinski definition) is 1. The number of aromatic nitrogens is 2. The zero-order valence-corrected chi connectivity index (χ0v) is 16.4. The van der Waals surface area contributed by atoms with Crippen molar-refractivity contribution in [3.63, 3.8) is 0 Å². The summed E-state index contributed by atoms with van der Waals surface area (Å²) >= 11 is 2.78. The van der Waals surface area contributed by atoms with Crippen molar-refractivity contribution in [2.24, 2.45) is 0 Å². The minimum Gasteiger partial charge on any atom is -0.316 e. The third kappa shape index (κ3) is 3.91. The van der Waals surface area contributed by atoms with Crippen molar-refractivity contribution in [2.75, 3.05) is 11.1 Å². The smallest absolute Gasteiger partial charge is 0.235 e. The Labute approximate surface area is 169 Å². The van der Waals surface area contributed by atoms with E-state index < -0.39 is 0 Å². The van der Waals surface area contributed by atoms with Gasteiger partial charge in [0.15, 0.2) is 0 Å². The standard InChI is InChI=1S/C20H15FN4OS2/c21-13-6-4-12(5-7-13)16-8-9-19(25-24-16)27-11-18(26)23-20-15(10-22)14-2-1-3-17(14)28-20/h4-9H,1-3,11H2,(H,23,26). The number of anilines is 1. The minimum atomic E-state index is -0.301. The van der Waals surface area contributed by atoms with Crippen LogP contribution in [0.5, 0.6) is 0 Å². The summed E-state index contributed by atoms with van der Waals surface area (Å²) in [5, 5.41) is 21.8. The summed E-state index contributed by atoms with van der Waals surface area (Å²) in [6.45, 7) is 0. The third-order valence-corrected chi connectivity index (χ3v) is 6.54. The van der Waals surface area contributed by atoms with Gasteiger partial charge in [0.25, 0.3) is 0 Å². The zero-order valence-electron chi connectivity index (χ0n) is 14.7. The van der Waals surface area contributed by atoms with Gasteiger partial charge in [-0.05, 0) is 61.2 Å². The van der Waals surface area contributed by atoms with Gasteiger partial charge < -0.3 is 5.32 Å². The molecule has 1 aromatic carbocycles. The van der Waals surface area contributed by atoms with Crippen LogP contribution in [-0.4, -0.2) is 21.9 Å². The number of amides is 1. The molecule has 1 aliphatic carbocycles. The molecule has 140 valence electrons. The average molecular weight is 410 g/mol. The van der Waals surface area contributed by atoms with E-state index >= 15 is 0 Å². The summed E-state index contributed by atoms with van der Waals surface area (Å²) in [7, 11) is 0. The maximum absolute atomic E-state index is 13.0. The number of fused-ring (bicyclic) bond motifs is 1. The van der Waals surface area contributed by atoms with E-state index in [0.29, 0.717) is 21.3 Å². The summed E-state index contributed by atoms with van der Waals surface area (Å²) in [5.74, 6) is -0.297. The van der Waals surface area contributed by atoms with Crippen molar-refractivity contribution >= 4 is 34.0 Å². The highest BCUT2D eigenvalue weighted by Gasteiger charge is 2.23. The molecule has 0 aliphatic heterocycles. The van der Waals surface area contributed by atoms with Gasteiger partial charge in [0.1, 0.15) is 21.9 Å². The number of rotatable bonds is 5. The molecule has 2 aromatic heterocycles. The highest BCUT2D eigenvalue weighted by molar-refractivity contribution is 7.99. The molecule has 1 amide bonds.